The van der Waals surface area contributed by atoms with Gasteiger partial charge in [0.05, 0.1) is 6.04 Å². The average Bonchev–Trinajstić information content (AvgIpc) is 2.04. The third-order valence-electron chi connectivity index (χ3n) is 1.92. The number of rotatable bonds is 4. The van der Waals surface area contributed by atoms with Crippen LogP contribution in [0.1, 0.15) is 48.9 Å². The minimum absolute atomic E-state index is 0. The highest BCUT2D eigenvalue weighted by Gasteiger charge is 2.14. The topological polar surface area (TPSA) is 29.1 Å². The van der Waals surface area contributed by atoms with Crippen LogP contribution in [0.15, 0.2) is 0 Å². The molecule has 2 heteroatoms. The first-order chi connectivity index (χ1) is 6.01. The highest BCUT2D eigenvalue weighted by atomic mass is 16.1. The molecular formula is C11H27NO. The standard InChI is InChI=1S/C7H15NO.C4H10.H2/c1-5(2)7(8-4)6(3)9;1-3-4-2;/h5,7-8H,1-4H3;3-4H2,1-2H3;1H/t7-;;/m0../s1. The second-order valence-corrected chi connectivity index (χ2v) is 3.62. The predicted molar refractivity (Wildman–Crippen MR) is 61.1 cm³/mol. The van der Waals surface area contributed by atoms with Crippen molar-refractivity contribution in [1.29, 1.82) is 0 Å². The first-order valence-electron chi connectivity index (χ1n) is 5.18. The normalized spacial score (nSPS) is 11.9. The molecule has 1 N–H and O–H groups in total. The van der Waals surface area contributed by atoms with Crippen molar-refractivity contribution in [2.45, 2.75) is 53.5 Å². The Morgan fingerprint density at radius 1 is 1.31 bits per heavy atom. The molecule has 0 fully saturated rings. The first kappa shape index (κ1) is 15.1. The summed E-state index contributed by atoms with van der Waals surface area (Å²) < 4.78 is 0. The highest BCUT2D eigenvalue weighted by Crippen LogP contribution is 2.00. The maximum absolute atomic E-state index is 10.8. The summed E-state index contributed by atoms with van der Waals surface area (Å²) in [6.45, 7) is 10.0. The first-order valence-corrected chi connectivity index (χ1v) is 5.18. The van der Waals surface area contributed by atoms with E-state index in [-0.39, 0.29) is 13.3 Å². The maximum Gasteiger partial charge on any atom is 0.146 e. The zero-order valence-electron chi connectivity index (χ0n) is 9.98. The van der Waals surface area contributed by atoms with Gasteiger partial charge < -0.3 is 5.32 Å². The monoisotopic (exact) mass is 189 g/mol. The lowest BCUT2D eigenvalue weighted by Crippen LogP contribution is -2.36. The summed E-state index contributed by atoms with van der Waals surface area (Å²) in [7, 11) is 1.81. The van der Waals surface area contributed by atoms with E-state index >= 15 is 0 Å². The lowest BCUT2D eigenvalue weighted by molar-refractivity contribution is -0.119. The summed E-state index contributed by atoms with van der Waals surface area (Å²) in [6, 6.07) is 0.0324. The Labute approximate surface area is 84.6 Å². The fourth-order valence-electron chi connectivity index (χ4n) is 1.01. The zero-order chi connectivity index (χ0) is 10.9. The van der Waals surface area contributed by atoms with Crippen LogP contribution in [0.2, 0.25) is 0 Å². The molecule has 0 saturated heterocycles. The molecule has 0 aromatic rings. The van der Waals surface area contributed by atoms with Gasteiger partial charge in [-0.1, -0.05) is 40.5 Å². The van der Waals surface area contributed by atoms with Gasteiger partial charge in [0, 0.05) is 1.43 Å². The van der Waals surface area contributed by atoms with E-state index in [1.54, 1.807) is 6.92 Å². The number of nitrogens with one attached hydrogen (secondary N) is 1. The Kier molecular flexibility index (Phi) is 11.3. The van der Waals surface area contributed by atoms with Crippen LogP contribution in [0.3, 0.4) is 0 Å². The molecule has 0 aromatic heterocycles. The molecule has 0 amide bonds. The van der Waals surface area contributed by atoms with Crippen LogP contribution in [-0.4, -0.2) is 18.9 Å². The van der Waals surface area contributed by atoms with E-state index in [1.807, 2.05) is 20.9 Å². The molecule has 0 unspecified atom stereocenters. The van der Waals surface area contributed by atoms with E-state index in [0.29, 0.717) is 5.92 Å². The maximum atomic E-state index is 10.8. The number of hydrogen-bond donors (Lipinski definition) is 1. The van der Waals surface area contributed by atoms with Gasteiger partial charge in [0.15, 0.2) is 0 Å². The Bertz CT molecular complexity index is 124. The summed E-state index contributed by atoms with van der Waals surface area (Å²) >= 11 is 0. The smallest absolute Gasteiger partial charge is 0.146 e. The van der Waals surface area contributed by atoms with Crippen LogP contribution >= 0.6 is 0 Å². The summed E-state index contributed by atoms with van der Waals surface area (Å²) in [4.78, 5) is 10.8. The van der Waals surface area contributed by atoms with Gasteiger partial charge in [0.2, 0.25) is 0 Å². The summed E-state index contributed by atoms with van der Waals surface area (Å²) in [5.74, 6) is 0.611. The Morgan fingerprint density at radius 2 is 1.69 bits per heavy atom. The largest absolute Gasteiger partial charge is 0.310 e. The molecule has 13 heavy (non-hydrogen) atoms. The van der Waals surface area contributed by atoms with Crippen LogP contribution < -0.4 is 5.32 Å². The number of unbranched alkanes of at least 4 members (excludes halogenated alkanes) is 1. The Hall–Kier alpha value is -0.370. The van der Waals surface area contributed by atoms with Crippen molar-refractivity contribution in [3.63, 3.8) is 0 Å². The van der Waals surface area contributed by atoms with Crippen molar-refractivity contribution in [1.82, 2.24) is 5.32 Å². The zero-order valence-corrected chi connectivity index (χ0v) is 9.98. The quantitative estimate of drug-likeness (QED) is 0.737. The molecule has 0 aromatic carbocycles. The van der Waals surface area contributed by atoms with Crippen LogP contribution in [0, 0.1) is 5.92 Å². The molecule has 0 radical (unpaired) electrons. The summed E-state index contributed by atoms with van der Waals surface area (Å²) in [5.41, 5.74) is 0. The number of likely N-dealkylation sites (N-methyl/N-ethyl adjacent to an activating group) is 1. The second-order valence-electron chi connectivity index (χ2n) is 3.62. The lowest BCUT2D eigenvalue weighted by atomic mass is 10.0. The van der Waals surface area contributed by atoms with Crippen molar-refractivity contribution in [3.05, 3.63) is 0 Å². The van der Waals surface area contributed by atoms with Crippen molar-refractivity contribution in [2.75, 3.05) is 7.05 Å². The molecule has 0 spiro atoms. The Morgan fingerprint density at radius 3 is 1.69 bits per heavy atom. The minimum atomic E-state index is 0. The van der Waals surface area contributed by atoms with E-state index in [9.17, 15) is 4.79 Å². The highest BCUT2D eigenvalue weighted by molar-refractivity contribution is 5.81. The number of ketones is 1. The molecule has 0 aliphatic carbocycles. The van der Waals surface area contributed by atoms with Gasteiger partial charge in [-0.05, 0) is 19.9 Å². The van der Waals surface area contributed by atoms with Gasteiger partial charge in [0.25, 0.3) is 0 Å². The van der Waals surface area contributed by atoms with Gasteiger partial charge in [0.1, 0.15) is 5.78 Å². The van der Waals surface area contributed by atoms with Crippen molar-refractivity contribution < 1.29 is 6.22 Å². The number of carbonyl (C=O) groups is 1. The molecule has 0 rings (SSSR count). The predicted octanol–water partition coefficient (Wildman–Crippen LogP) is 2.87. The number of carbonyl (C=O) groups excluding carboxylic acids is 1. The van der Waals surface area contributed by atoms with Gasteiger partial charge in [-0.15, -0.1) is 0 Å². The van der Waals surface area contributed by atoms with Gasteiger partial charge in [-0.2, -0.15) is 0 Å². The third kappa shape index (κ3) is 9.54. The molecule has 2 nitrogen and oxygen atoms in total. The van der Waals surface area contributed by atoms with Crippen LogP contribution in [0.4, 0.5) is 0 Å². The lowest BCUT2D eigenvalue weighted by Gasteiger charge is -2.15. The van der Waals surface area contributed by atoms with Gasteiger partial charge in [-0.3, -0.25) is 4.79 Å². The molecule has 0 aliphatic heterocycles. The van der Waals surface area contributed by atoms with E-state index < -0.39 is 0 Å². The fourth-order valence-corrected chi connectivity index (χ4v) is 1.01. The van der Waals surface area contributed by atoms with E-state index in [1.165, 1.54) is 12.8 Å². The van der Waals surface area contributed by atoms with E-state index in [2.05, 4.69) is 19.2 Å². The third-order valence-corrected chi connectivity index (χ3v) is 1.92. The summed E-state index contributed by atoms with van der Waals surface area (Å²) in [6.07, 6.45) is 2.64. The van der Waals surface area contributed by atoms with Crippen molar-refractivity contribution in [2.24, 2.45) is 5.92 Å². The molecular weight excluding hydrogens is 162 g/mol. The van der Waals surface area contributed by atoms with Crippen molar-refractivity contribution in [3.8, 4) is 0 Å². The van der Waals surface area contributed by atoms with Crippen LogP contribution in [0.25, 0.3) is 0 Å². The van der Waals surface area contributed by atoms with Gasteiger partial charge in [-0.25, -0.2) is 0 Å². The number of hydrogen-bond acceptors (Lipinski definition) is 2. The molecule has 0 heterocycles. The summed E-state index contributed by atoms with van der Waals surface area (Å²) in [5, 5.41) is 2.95. The van der Waals surface area contributed by atoms with Crippen LogP contribution in [0.5, 0.6) is 0 Å². The molecule has 0 saturated carbocycles. The average molecular weight is 189 g/mol. The molecule has 0 aliphatic rings. The number of Topliss-reactive ketones (excluding diaryl/α,β-unsaturated/α-hetero) is 1. The van der Waals surface area contributed by atoms with Crippen LogP contribution in [-0.2, 0) is 4.79 Å². The van der Waals surface area contributed by atoms with Gasteiger partial charge >= 0.3 is 0 Å². The second kappa shape index (κ2) is 9.72. The molecule has 82 valence electrons. The van der Waals surface area contributed by atoms with Crippen molar-refractivity contribution >= 4 is 5.78 Å². The van der Waals surface area contributed by atoms with E-state index in [0.717, 1.165) is 0 Å². The Balaban J connectivity index is -0.000000209. The fraction of sp³-hybridized carbons (Fsp3) is 0.909. The SMILES string of the molecule is CCCC.CN[C@H](C(C)=O)C(C)C.[HH]. The molecule has 1 atom stereocenters. The van der Waals surface area contributed by atoms with E-state index in [4.69, 9.17) is 0 Å². The molecule has 0 bridgehead atoms. The minimum Gasteiger partial charge on any atom is -0.310 e.